The second kappa shape index (κ2) is 19.3. The van der Waals surface area contributed by atoms with E-state index < -0.39 is 130 Å². The number of amides is 6. The normalized spacial score (nSPS) is 17.6. The van der Waals surface area contributed by atoms with Crippen LogP contribution < -0.4 is 22.1 Å². The molecule has 25 heteroatoms. The summed E-state index contributed by atoms with van der Waals surface area (Å²) in [5.41, 5.74) is 8.00. The van der Waals surface area contributed by atoms with Gasteiger partial charge in [0.25, 0.3) is 17.4 Å². The summed E-state index contributed by atoms with van der Waals surface area (Å²) in [6, 6.07) is -6.33. The molecule has 1 rings (SSSR count). The van der Waals surface area contributed by atoms with E-state index in [-0.39, 0.29) is 22.6 Å². The summed E-state index contributed by atoms with van der Waals surface area (Å²) in [5, 5.41) is 61.3. The summed E-state index contributed by atoms with van der Waals surface area (Å²) < 4.78 is 4.98. The molecule has 0 saturated carbocycles. The number of aliphatic hydroxyl groups excluding tert-OH is 1. The van der Waals surface area contributed by atoms with Crippen LogP contribution in [-0.4, -0.2) is 161 Å². The fourth-order valence-electron chi connectivity index (χ4n) is 3.87. The minimum atomic E-state index is -2.73. The molecule has 0 spiro atoms. The molecule has 1 heterocycles. The monoisotopic (exact) mass is 768 g/mol. The van der Waals surface area contributed by atoms with E-state index in [1.165, 1.54) is 0 Å². The molecule has 6 amide bonds. The number of hydrogen-bond donors (Lipinski definition) is 10. The van der Waals surface area contributed by atoms with Gasteiger partial charge in [-0.25, -0.2) is 29.0 Å². The number of nitrogens with one attached hydrogen (secondary N) is 2. The van der Waals surface area contributed by atoms with Crippen LogP contribution in [0, 0.1) is 0 Å². The number of cyclic esters (lactones) is 1. The van der Waals surface area contributed by atoms with Crippen molar-refractivity contribution in [3.63, 3.8) is 0 Å². The number of nitrogens with zero attached hydrogens (tertiary/aromatic N) is 2. The molecular weight excluding hydrogens is 732 g/mol. The first-order chi connectivity index (χ1) is 23.6. The van der Waals surface area contributed by atoms with Crippen molar-refractivity contribution in [3.05, 3.63) is 10.7 Å². The molecular formula is C26H36N6O17S2. The van der Waals surface area contributed by atoms with Crippen LogP contribution in [0.2, 0.25) is 0 Å². The Balaban J connectivity index is 3.30. The molecule has 1 aliphatic rings. The molecule has 0 aromatic rings. The predicted octanol–water partition coefficient (Wildman–Crippen LogP) is -2.77. The Morgan fingerprint density at radius 3 is 1.55 bits per heavy atom. The first-order valence-electron chi connectivity index (χ1n) is 14.2. The van der Waals surface area contributed by atoms with Crippen LogP contribution in [0.5, 0.6) is 0 Å². The summed E-state index contributed by atoms with van der Waals surface area (Å²) >= 11 is 0.818. The third-order valence-electron chi connectivity index (χ3n) is 6.87. The lowest BCUT2D eigenvalue weighted by Crippen LogP contribution is -2.51. The summed E-state index contributed by atoms with van der Waals surface area (Å²) in [4.78, 5) is 120. The number of aliphatic hydroxyl groups is 1. The molecule has 0 fully saturated rings. The first kappa shape index (κ1) is 43.9. The molecule has 0 radical (unpaired) electrons. The minimum absolute atomic E-state index is 0.175. The third-order valence-corrected chi connectivity index (χ3v) is 9.36. The average molecular weight is 769 g/mol. The zero-order valence-electron chi connectivity index (χ0n) is 26.8. The Morgan fingerprint density at radius 2 is 1.18 bits per heavy atom. The standard InChI is InChI=1S/C26H36N6O17S2/c1-31(24(45)46)18(36)12(29-14(33)5-3-10(27)20(38)39)7-50-9-26(23(43)44)17(16(35)22(42)49-26)51-8-13(19(37)32(2)25(47)48)30-15(34)6-4-11(28)21(40)41/h10-13,35H,3-9,27-28H2,1-2H3,(H,29,33)(H,30,34)(H,38,39)(H,40,41)(H,43,44)(H,45,46)(H,47,48)/t10?,11?,12?,13?,26-/m0/s1. The molecule has 51 heavy (non-hydrogen) atoms. The van der Waals surface area contributed by atoms with Gasteiger partial charge in [0, 0.05) is 44.2 Å². The highest BCUT2D eigenvalue weighted by molar-refractivity contribution is 8.03. The number of carboxylic acid groups (broad SMARTS) is 5. The molecule has 23 nitrogen and oxygen atoms in total. The highest BCUT2D eigenvalue weighted by Crippen LogP contribution is 2.42. The Bertz CT molecular complexity index is 1470. The van der Waals surface area contributed by atoms with E-state index in [9.17, 15) is 68.4 Å². The maximum Gasteiger partial charge on any atom is 0.413 e. The van der Waals surface area contributed by atoms with E-state index in [1.807, 2.05) is 0 Å². The number of hydrogen-bond acceptors (Lipinski definition) is 16. The molecule has 0 saturated heterocycles. The van der Waals surface area contributed by atoms with Crippen molar-refractivity contribution in [2.75, 3.05) is 31.4 Å². The maximum absolute atomic E-state index is 12.9. The van der Waals surface area contributed by atoms with Gasteiger partial charge >= 0.3 is 36.1 Å². The van der Waals surface area contributed by atoms with E-state index in [2.05, 4.69) is 10.6 Å². The zero-order chi connectivity index (χ0) is 39.4. The topological polar surface area (TPSA) is 384 Å². The number of aliphatic carboxylic acids is 3. The smallest absolute Gasteiger partial charge is 0.413 e. The van der Waals surface area contributed by atoms with Gasteiger partial charge in [-0.05, 0) is 12.8 Å². The summed E-state index contributed by atoms with van der Waals surface area (Å²) in [7, 11) is 1.67. The van der Waals surface area contributed by atoms with Crippen molar-refractivity contribution in [1.82, 2.24) is 20.4 Å². The van der Waals surface area contributed by atoms with Crippen molar-refractivity contribution in [2.45, 2.75) is 55.5 Å². The van der Waals surface area contributed by atoms with Crippen molar-refractivity contribution in [1.29, 1.82) is 0 Å². The Labute approximate surface area is 295 Å². The molecule has 0 aromatic heterocycles. The van der Waals surface area contributed by atoms with E-state index in [1.54, 1.807) is 0 Å². The van der Waals surface area contributed by atoms with Gasteiger partial charge in [-0.3, -0.25) is 28.8 Å². The number of ether oxygens (including phenoxy) is 1. The fraction of sp³-hybridized carbons (Fsp3) is 0.538. The van der Waals surface area contributed by atoms with Gasteiger partial charge in [0.15, 0.2) is 0 Å². The van der Waals surface area contributed by atoms with Gasteiger partial charge < -0.3 is 57.5 Å². The average Bonchev–Trinajstić information content (AvgIpc) is 3.30. The Hall–Kier alpha value is -5.14. The van der Waals surface area contributed by atoms with Crippen molar-refractivity contribution in [3.8, 4) is 0 Å². The lowest BCUT2D eigenvalue weighted by molar-refractivity contribution is -0.165. The molecule has 0 bridgehead atoms. The van der Waals surface area contributed by atoms with E-state index >= 15 is 0 Å². The molecule has 12 N–H and O–H groups in total. The maximum atomic E-state index is 12.9. The van der Waals surface area contributed by atoms with E-state index in [4.69, 9.17) is 26.4 Å². The highest BCUT2D eigenvalue weighted by Gasteiger charge is 2.55. The van der Waals surface area contributed by atoms with Crippen LogP contribution >= 0.6 is 23.5 Å². The number of carbonyl (C=O) groups is 10. The Morgan fingerprint density at radius 1 is 0.765 bits per heavy atom. The highest BCUT2D eigenvalue weighted by atomic mass is 32.2. The summed E-state index contributed by atoms with van der Waals surface area (Å²) in [5.74, 6) is -14.0. The summed E-state index contributed by atoms with van der Waals surface area (Å²) in [6.07, 6.45) is -5.29. The van der Waals surface area contributed by atoms with E-state index in [0.29, 0.717) is 23.5 Å². The lowest BCUT2D eigenvalue weighted by atomic mass is 10.1. The van der Waals surface area contributed by atoms with Crippen LogP contribution in [0.3, 0.4) is 0 Å². The SMILES string of the molecule is CN(C(=O)O)C(=O)C(CSC[C@]1(C(=O)O)OC(=O)C(O)=C1SCC(NC(=O)CCC(N)C(=O)O)C(=O)N(C)C(=O)O)NC(=O)CCC(N)C(=O)O. The van der Waals surface area contributed by atoms with Gasteiger partial charge in [-0.2, -0.15) is 11.8 Å². The summed E-state index contributed by atoms with van der Waals surface area (Å²) in [6.45, 7) is 0. The molecule has 284 valence electrons. The number of imide groups is 2. The second-order valence-corrected chi connectivity index (χ2v) is 12.7. The molecule has 5 atom stereocenters. The van der Waals surface area contributed by atoms with Crippen LogP contribution in [0.15, 0.2) is 10.7 Å². The van der Waals surface area contributed by atoms with Gasteiger partial charge in [0.05, 0.1) is 4.91 Å². The fourth-order valence-corrected chi connectivity index (χ4v) is 6.36. The first-order valence-corrected chi connectivity index (χ1v) is 16.4. The molecule has 0 aliphatic carbocycles. The predicted molar refractivity (Wildman–Crippen MR) is 171 cm³/mol. The van der Waals surface area contributed by atoms with Crippen LogP contribution in [0.4, 0.5) is 9.59 Å². The second-order valence-electron chi connectivity index (χ2n) is 10.6. The van der Waals surface area contributed by atoms with Crippen LogP contribution in [-0.2, 0) is 43.1 Å². The van der Waals surface area contributed by atoms with Crippen LogP contribution in [0.1, 0.15) is 25.7 Å². The largest absolute Gasteiger partial charge is 0.501 e. The van der Waals surface area contributed by atoms with Crippen molar-refractivity contribution in [2.24, 2.45) is 11.5 Å². The number of nitrogens with two attached hydrogens (primary N) is 2. The number of esters is 1. The van der Waals surface area contributed by atoms with Gasteiger partial charge in [-0.15, -0.1) is 11.8 Å². The quantitative estimate of drug-likeness (QED) is 0.0560. The van der Waals surface area contributed by atoms with Crippen molar-refractivity contribution < 1.29 is 83.3 Å². The minimum Gasteiger partial charge on any atom is -0.501 e. The van der Waals surface area contributed by atoms with Gasteiger partial charge in [0.2, 0.25) is 17.6 Å². The number of thioether (sulfide) groups is 2. The molecule has 1 aliphatic heterocycles. The third kappa shape index (κ3) is 12.3. The van der Waals surface area contributed by atoms with Crippen molar-refractivity contribution >= 4 is 83.2 Å². The van der Waals surface area contributed by atoms with Crippen LogP contribution in [0.25, 0.3) is 0 Å². The molecule has 0 aromatic carbocycles. The Kier molecular flexibility index (Phi) is 16.6. The number of carboxylic acids is 3. The molecule has 4 unspecified atom stereocenters. The van der Waals surface area contributed by atoms with Gasteiger partial charge in [0.1, 0.15) is 24.2 Å². The number of likely N-dealkylation sites (N-methyl/N-ethyl adjacent to an activating group) is 2. The number of rotatable bonds is 20. The zero-order valence-corrected chi connectivity index (χ0v) is 28.4. The lowest BCUT2D eigenvalue weighted by Gasteiger charge is -2.28. The number of carbonyl (C=O) groups excluding carboxylic acids is 5. The van der Waals surface area contributed by atoms with E-state index in [0.717, 1.165) is 14.1 Å². The van der Waals surface area contributed by atoms with Gasteiger partial charge in [-0.1, -0.05) is 0 Å².